The Morgan fingerprint density at radius 1 is 1.23 bits per heavy atom. The van der Waals surface area contributed by atoms with E-state index < -0.39 is 0 Å². The lowest BCUT2D eigenvalue weighted by Crippen LogP contribution is -2.35. The van der Waals surface area contributed by atoms with Crippen molar-refractivity contribution in [3.63, 3.8) is 0 Å². The van der Waals surface area contributed by atoms with Crippen molar-refractivity contribution in [3.8, 4) is 0 Å². The standard InChI is InChI=1S/C16H20N4OS/c1-12-11-14(13(2)22-12)16(21)20-8-4-7-19(9-10-20)15-5-3-6-17-18-15/h3,5-6,11H,4,7-10H2,1-2H3. The van der Waals surface area contributed by atoms with Gasteiger partial charge in [-0.15, -0.1) is 16.4 Å². The Kier molecular flexibility index (Phi) is 4.38. The molecule has 1 saturated heterocycles. The lowest BCUT2D eigenvalue weighted by Gasteiger charge is -2.22. The van der Waals surface area contributed by atoms with Crippen molar-refractivity contribution in [3.05, 3.63) is 39.7 Å². The van der Waals surface area contributed by atoms with Gasteiger partial charge in [-0.2, -0.15) is 5.10 Å². The molecule has 0 N–H and O–H groups in total. The van der Waals surface area contributed by atoms with Gasteiger partial charge in [0.2, 0.25) is 0 Å². The normalized spacial score (nSPS) is 15.7. The molecule has 1 amide bonds. The molecule has 1 aliphatic rings. The monoisotopic (exact) mass is 316 g/mol. The third kappa shape index (κ3) is 3.11. The summed E-state index contributed by atoms with van der Waals surface area (Å²) in [5, 5.41) is 8.10. The minimum Gasteiger partial charge on any atom is -0.353 e. The Morgan fingerprint density at radius 2 is 2.09 bits per heavy atom. The molecule has 5 nitrogen and oxygen atoms in total. The number of hydrogen-bond acceptors (Lipinski definition) is 5. The molecule has 2 aromatic heterocycles. The van der Waals surface area contributed by atoms with E-state index in [4.69, 9.17) is 0 Å². The minimum absolute atomic E-state index is 0.155. The van der Waals surface area contributed by atoms with Crippen molar-refractivity contribution in [1.82, 2.24) is 15.1 Å². The molecular formula is C16H20N4OS. The first-order valence-corrected chi connectivity index (χ1v) is 8.36. The molecule has 0 bridgehead atoms. The van der Waals surface area contributed by atoms with E-state index in [9.17, 15) is 4.79 Å². The second-order valence-corrected chi connectivity index (χ2v) is 7.00. The fraction of sp³-hybridized carbons (Fsp3) is 0.438. The van der Waals surface area contributed by atoms with Crippen molar-refractivity contribution < 1.29 is 4.79 Å². The van der Waals surface area contributed by atoms with Crippen LogP contribution in [0.2, 0.25) is 0 Å². The molecule has 3 rings (SSSR count). The van der Waals surface area contributed by atoms with Gasteiger partial charge in [0.1, 0.15) is 0 Å². The van der Waals surface area contributed by atoms with Crippen molar-refractivity contribution in [2.45, 2.75) is 20.3 Å². The zero-order valence-electron chi connectivity index (χ0n) is 13.0. The molecule has 0 aromatic carbocycles. The van der Waals surface area contributed by atoms with E-state index in [-0.39, 0.29) is 5.91 Å². The number of carbonyl (C=O) groups is 1. The van der Waals surface area contributed by atoms with Crippen LogP contribution >= 0.6 is 11.3 Å². The zero-order valence-corrected chi connectivity index (χ0v) is 13.8. The molecule has 1 fully saturated rings. The number of amides is 1. The molecule has 0 spiro atoms. The van der Waals surface area contributed by atoms with Gasteiger partial charge in [-0.05, 0) is 38.5 Å². The minimum atomic E-state index is 0.155. The lowest BCUT2D eigenvalue weighted by molar-refractivity contribution is 0.0767. The first-order chi connectivity index (χ1) is 10.6. The van der Waals surface area contributed by atoms with E-state index >= 15 is 0 Å². The summed E-state index contributed by atoms with van der Waals surface area (Å²) in [6.45, 7) is 7.30. The second kappa shape index (κ2) is 6.44. The Balaban J connectivity index is 1.70. The van der Waals surface area contributed by atoms with Crippen LogP contribution in [-0.4, -0.2) is 47.2 Å². The molecule has 0 saturated carbocycles. The zero-order chi connectivity index (χ0) is 15.5. The molecule has 0 unspecified atom stereocenters. The van der Waals surface area contributed by atoms with E-state index in [1.165, 1.54) is 4.88 Å². The molecule has 0 aliphatic carbocycles. The second-order valence-electron chi connectivity index (χ2n) is 5.54. The van der Waals surface area contributed by atoms with E-state index in [0.717, 1.165) is 48.9 Å². The number of nitrogens with zero attached hydrogens (tertiary/aromatic N) is 4. The van der Waals surface area contributed by atoms with Crippen molar-refractivity contribution in [1.29, 1.82) is 0 Å². The summed E-state index contributed by atoms with van der Waals surface area (Å²) in [5.41, 5.74) is 0.857. The summed E-state index contributed by atoms with van der Waals surface area (Å²) < 4.78 is 0. The highest BCUT2D eigenvalue weighted by atomic mass is 32.1. The molecule has 2 aromatic rings. The first-order valence-electron chi connectivity index (χ1n) is 7.54. The first kappa shape index (κ1) is 15.0. The average molecular weight is 316 g/mol. The quantitative estimate of drug-likeness (QED) is 0.854. The maximum atomic E-state index is 12.7. The molecule has 22 heavy (non-hydrogen) atoms. The number of aromatic nitrogens is 2. The summed E-state index contributed by atoms with van der Waals surface area (Å²) in [5.74, 6) is 1.04. The van der Waals surface area contributed by atoms with Crippen molar-refractivity contribution >= 4 is 23.1 Å². The van der Waals surface area contributed by atoms with Gasteiger partial charge in [0.15, 0.2) is 5.82 Å². The number of aryl methyl sites for hydroxylation is 2. The van der Waals surface area contributed by atoms with Gasteiger partial charge in [0, 0.05) is 42.1 Å². The summed E-state index contributed by atoms with van der Waals surface area (Å²) in [7, 11) is 0. The van der Waals surface area contributed by atoms with Crippen LogP contribution < -0.4 is 4.90 Å². The summed E-state index contributed by atoms with van der Waals surface area (Å²) in [6.07, 6.45) is 2.63. The third-order valence-corrected chi connectivity index (χ3v) is 4.90. The topological polar surface area (TPSA) is 49.3 Å². The molecule has 3 heterocycles. The van der Waals surface area contributed by atoms with Crippen LogP contribution in [0, 0.1) is 13.8 Å². The smallest absolute Gasteiger partial charge is 0.255 e. The maximum Gasteiger partial charge on any atom is 0.255 e. The van der Waals surface area contributed by atoms with Crippen LogP contribution in [0.25, 0.3) is 0 Å². The maximum absolute atomic E-state index is 12.7. The summed E-state index contributed by atoms with van der Waals surface area (Å²) in [6, 6.07) is 5.87. The van der Waals surface area contributed by atoms with Gasteiger partial charge in [0.05, 0.1) is 5.56 Å². The van der Waals surface area contributed by atoms with Gasteiger partial charge < -0.3 is 9.80 Å². The average Bonchev–Trinajstić information content (AvgIpc) is 2.74. The number of rotatable bonds is 2. The Labute approximate surface area is 134 Å². The molecular weight excluding hydrogens is 296 g/mol. The molecule has 1 aliphatic heterocycles. The van der Waals surface area contributed by atoms with Crippen LogP contribution in [-0.2, 0) is 0 Å². The summed E-state index contributed by atoms with van der Waals surface area (Å²) >= 11 is 1.69. The van der Waals surface area contributed by atoms with Crippen LogP contribution in [0.1, 0.15) is 26.5 Å². The molecule has 0 atom stereocenters. The number of anilines is 1. The van der Waals surface area contributed by atoms with Gasteiger partial charge in [-0.1, -0.05) is 0 Å². The van der Waals surface area contributed by atoms with E-state index in [1.807, 2.05) is 36.9 Å². The Morgan fingerprint density at radius 3 is 2.77 bits per heavy atom. The number of thiophene rings is 1. The molecule has 6 heteroatoms. The highest BCUT2D eigenvalue weighted by molar-refractivity contribution is 7.12. The van der Waals surface area contributed by atoms with Gasteiger partial charge in [-0.3, -0.25) is 4.79 Å². The lowest BCUT2D eigenvalue weighted by atomic mass is 10.2. The largest absolute Gasteiger partial charge is 0.353 e. The summed E-state index contributed by atoms with van der Waals surface area (Å²) in [4.78, 5) is 19.2. The highest BCUT2D eigenvalue weighted by Crippen LogP contribution is 2.23. The number of hydrogen-bond donors (Lipinski definition) is 0. The fourth-order valence-corrected chi connectivity index (χ4v) is 3.74. The Bertz CT molecular complexity index is 655. The van der Waals surface area contributed by atoms with Crippen LogP contribution in [0.5, 0.6) is 0 Å². The van der Waals surface area contributed by atoms with E-state index in [2.05, 4.69) is 15.1 Å². The van der Waals surface area contributed by atoms with Gasteiger partial charge in [0.25, 0.3) is 5.91 Å². The molecule has 116 valence electrons. The molecule has 0 radical (unpaired) electrons. The SMILES string of the molecule is Cc1cc(C(=O)N2CCCN(c3cccnn3)CC2)c(C)s1. The predicted octanol–water partition coefficient (Wildman–Crippen LogP) is 2.51. The number of carbonyl (C=O) groups excluding carboxylic acids is 1. The van der Waals surface area contributed by atoms with E-state index in [1.54, 1.807) is 17.5 Å². The van der Waals surface area contributed by atoms with Crippen LogP contribution in [0.3, 0.4) is 0 Å². The van der Waals surface area contributed by atoms with Crippen molar-refractivity contribution in [2.24, 2.45) is 0 Å². The highest BCUT2D eigenvalue weighted by Gasteiger charge is 2.23. The fourth-order valence-electron chi connectivity index (χ4n) is 2.83. The van der Waals surface area contributed by atoms with Crippen LogP contribution in [0.4, 0.5) is 5.82 Å². The van der Waals surface area contributed by atoms with E-state index in [0.29, 0.717) is 0 Å². The van der Waals surface area contributed by atoms with Gasteiger partial charge >= 0.3 is 0 Å². The predicted molar refractivity (Wildman–Crippen MR) is 88.6 cm³/mol. The van der Waals surface area contributed by atoms with Gasteiger partial charge in [-0.25, -0.2) is 0 Å². The van der Waals surface area contributed by atoms with Crippen LogP contribution in [0.15, 0.2) is 24.4 Å². The third-order valence-electron chi connectivity index (χ3n) is 3.94. The van der Waals surface area contributed by atoms with Crippen molar-refractivity contribution in [2.75, 3.05) is 31.1 Å². The Hall–Kier alpha value is -1.95.